The number of phenols is 1. The largest absolute Gasteiger partial charge is 0.507 e. The molecule has 38 heavy (non-hydrogen) atoms. The van der Waals surface area contributed by atoms with E-state index in [1.165, 1.54) is 18.1 Å². The number of phenolic OH excluding ortho intramolecular Hbond substituents is 1. The van der Waals surface area contributed by atoms with Crippen LogP contribution in [0.3, 0.4) is 0 Å². The van der Waals surface area contributed by atoms with Gasteiger partial charge >= 0.3 is 12.1 Å². The van der Waals surface area contributed by atoms with Crippen LogP contribution in [0, 0.1) is 11.3 Å². The molecule has 0 saturated heterocycles. The molecule has 2 aliphatic carbocycles. The fourth-order valence-electron chi connectivity index (χ4n) is 6.00. The van der Waals surface area contributed by atoms with Crippen molar-refractivity contribution in [3.8, 4) is 17.2 Å². The molecule has 0 spiro atoms. The molecule has 3 aliphatic rings. The molecule has 1 fully saturated rings. The molecule has 1 aromatic carbocycles. The van der Waals surface area contributed by atoms with Crippen LogP contribution in [0.1, 0.15) is 90.0 Å². The first-order chi connectivity index (χ1) is 18.0. The number of carbonyl (C=O) groups is 2. The minimum atomic E-state index is -0.688. The minimum absolute atomic E-state index is 0.0117. The first-order valence-corrected chi connectivity index (χ1v) is 13.8. The molecule has 1 aromatic rings. The van der Waals surface area contributed by atoms with E-state index in [0.29, 0.717) is 36.5 Å². The Labute approximate surface area is 225 Å². The summed E-state index contributed by atoms with van der Waals surface area (Å²) in [6.07, 6.45) is 9.46. The van der Waals surface area contributed by atoms with Crippen LogP contribution in [-0.2, 0) is 9.53 Å². The number of ether oxygens (including phenoxy) is 3. The third-order valence-electron chi connectivity index (χ3n) is 8.34. The van der Waals surface area contributed by atoms with Crippen molar-refractivity contribution in [2.45, 2.75) is 90.0 Å². The quantitative estimate of drug-likeness (QED) is 0.288. The number of allylic oxidation sites excluding steroid dienone is 3. The van der Waals surface area contributed by atoms with Gasteiger partial charge in [-0.2, -0.15) is 0 Å². The van der Waals surface area contributed by atoms with E-state index in [2.05, 4.69) is 24.9 Å². The first-order valence-electron chi connectivity index (χ1n) is 13.8. The van der Waals surface area contributed by atoms with E-state index in [9.17, 15) is 14.7 Å². The fourth-order valence-corrected chi connectivity index (χ4v) is 6.00. The van der Waals surface area contributed by atoms with E-state index in [1.54, 1.807) is 6.07 Å². The molecule has 0 radical (unpaired) electrons. The number of carbonyl (C=O) groups excluding carboxylic acids is 2. The van der Waals surface area contributed by atoms with Crippen molar-refractivity contribution in [2.24, 2.45) is 17.1 Å². The highest BCUT2D eigenvalue weighted by molar-refractivity contribution is 5.72. The second kappa shape index (κ2) is 11.4. The molecule has 1 amide bonds. The summed E-state index contributed by atoms with van der Waals surface area (Å²) in [5, 5.41) is 13.6. The lowest BCUT2D eigenvalue weighted by atomic mass is 9.72. The van der Waals surface area contributed by atoms with Gasteiger partial charge < -0.3 is 30.4 Å². The van der Waals surface area contributed by atoms with Crippen molar-refractivity contribution in [1.29, 1.82) is 0 Å². The Morgan fingerprint density at radius 2 is 2.00 bits per heavy atom. The fraction of sp³-hybridized carbons (Fsp3) is 0.600. The third kappa shape index (κ3) is 6.52. The second-order valence-electron chi connectivity index (χ2n) is 11.9. The zero-order valence-electron chi connectivity index (χ0n) is 22.9. The Bertz CT molecular complexity index is 1100. The Balaban J connectivity index is 1.31. The Kier molecular flexibility index (Phi) is 8.40. The third-order valence-corrected chi connectivity index (χ3v) is 8.34. The molecule has 0 bridgehead atoms. The number of esters is 1. The van der Waals surface area contributed by atoms with Crippen molar-refractivity contribution in [3.05, 3.63) is 41.7 Å². The minimum Gasteiger partial charge on any atom is -0.507 e. The number of nitrogens with two attached hydrogens (primary N) is 1. The SMILES string of the molecule is C=C1Oc2cc(OC(=O)NC(C)(C)CCOC(=O)CC3(CN)CCCCC3)cc(O)c2[C@@H]2C=C(C)CC[C@@H]12. The van der Waals surface area contributed by atoms with Gasteiger partial charge in [-0.1, -0.05) is 37.5 Å². The number of hydrogen-bond acceptors (Lipinski definition) is 7. The summed E-state index contributed by atoms with van der Waals surface area (Å²) < 4.78 is 16.9. The Morgan fingerprint density at radius 3 is 2.71 bits per heavy atom. The lowest BCUT2D eigenvalue weighted by Crippen LogP contribution is -2.45. The van der Waals surface area contributed by atoms with Gasteiger partial charge in [0, 0.05) is 41.5 Å². The Morgan fingerprint density at radius 1 is 1.26 bits per heavy atom. The maximum absolute atomic E-state index is 12.7. The van der Waals surface area contributed by atoms with Crippen LogP contribution in [0.4, 0.5) is 4.79 Å². The number of hydrogen-bond donors (Lipinski definition) is 3. The number of aromatic hydroxyl groups is 1. The molecule has 208 valence electrons. The molecule has 4 N–H and O–H groups in total. The van der Waals surface area contributed by atoms with Crippen LogP contribution in [0.2, 0.25) is 0 Å². The second-order valence-corrected chi connectivity index (χ2v) is 11.9. The maximum atomic E-state index is 12.7. The molecule has 1 heterocycles. The highest BCUT2D eigenvalue weighted by Crippen LogP contribution is 2.51. The molecule has 1 saturated carbocycles. The molecule has 8 nitrogen and oxygen atoms in total. The molecule has 1 aliphatic heterocycles. The number of fused-ring (bicyclic) bond motifs is 3. The monoisotopic (exact) mass is 526 g/mol. The van der Waals surface area contributed by atoms with Crippen molar-refractivity contribution < 1.29 is 28.9 Å². The summed E-state index contributed by atoms with van der Waals surface area (Å²) in [4.78, 5) is 25.1. The highest BCUT2D eigenvalue weighted by atomic mass is 16.6. The summed E-state index contributed by atoms with van der Waals surface area (Å²) in [6.45, 7) is 10.5. The van der Waals surface area contributed by atoms with Crippen molar-refractivity contribution in [3.63, 3.8) is 0 Å². The molecule has 2 atom stereocenters. The van der Waals surface area contributed by atoms with Gasteiger partial charge in [0.05, 0.1) is 13.0 Å². The number of rotatable bonds is 8. The van der Waals surface area contributed by atoms with Gasteiger partial charge in [-0.3, -0.25) is 4.79 Å². The molecular weight excluding hydrogens is 484 g/mol. The predicted octanol–water partition coefficient (Wildman–Crippen LogP) is 5.84. The van der Waals surface area contributed by atoms with Crippen molar-refractivity contribution in [1.82, 2.24) is 5.32 Å². The number of amides is 1. The van der Waals surface area contributed by atoms with Crippen molar-refractivity contribution >= 4 is 12.1 Å². The van der Waals surface area contributed by atoms with Crippen molar-refractivity contribution in [2.75, 3.05) is 13.2 Å². The van der Waals surface area contributed by atoms with E-state index >= 15 is 0 Å². The first kappa shape index (κ1) is 28.0. The lowest BCUT2D eigenvalue weighted by molar-refractivity contribution is -0.147. The van der Waals surface area contributed by atoms with Gasteiger partial charge in [-0.15, -0.1) is 0 Å². The summed E-state index contributed by atoms with van der Waals surface area (Å²) >= 11 is 0. The van der Waals surface area contributed by atoms with E-state index in [1.807, 2.05) is 13.8 Å². The van der Waals surface area contributed by atoms with E-state index in [0.717, 1.165) is 38.5 Å². The van der Waals surface area contributed by atoms with Gasteiger partial charge in [0.15, 0.2) is 0 Å². The summed E-state index contributed by atoms with van der Waals surface area (Å²) in [5.41, 5.74) is 7.13. The summed E-state index contributed by atoms with van der Waals surface area (Å²) in [6, 6.07) is 3.05. The van der Waals surface area contributed by atoms with Crippen LogP contribution in [0.25, 0.3) is 0 Å². The molecular formula is C30H42N2O6. The van der Waals surface area contributed by atoms with Gasteiger partial charge in [0.1, 0.15) is 23.0 Å². The molecule has 0 aromatic heterocycles. The van der Waals surface area contributed by atoms with Gasteiger partial charge in [0.2, 0.25) is 0 Å². The zero-order chi connectivity index (χ0) is 27.5. The van der Waals surface area contributed by atoms with Crippen LogP contribution in [0.15, 0.2) is 36.1 Å². The smallest absolute Gasteiger partial charge is 0.413 e. The highest BCUT2D eigenvalue weighted by Gasteiger charge is 2.37. The van der Waals surface area contributed by atoms with Crippen LogP contribution < -0.4 is 20.5 Å². The number of nitrogens with one attached hydrogen (secondary N) is 1. The van der Waals surface area contributed by atoms with Gasteiger partial charge in [-0.25, -0.2) is 4.79 Å². The van der Waals surface area contributed by atoms with Gasteiger partial charge in [-0.05, 0) is 58.4 Å². The average Bonchev–Trinajstić information content (AvgIpc) is 2.83. The summed E-state index contributed by atoms with van der Waals surface area (Å²) in [5.74, 6) is 1.16. The predicted molar refractivity (Wildman–Crippen MR) is 145 cm³/mol. The zero-order valence-corrected chi connectivity index (χ0v) is 22.9. The van der Waals surface area contributed by atoms with E-state index in [4.69, 9.17) is 19.9 Å². The van der Waals surface area contributed by atoms with E-state index < -0.39 is 11.6 Å². The maximum Gasteiger partial charge on any atom is 0.413 e. The van der Waals surface area contributed by atoms with Crippen LogP contribution >= 0.6 is 0 Å². The van der Waals surface area contributed by atoms with E-state index in [-0.39, 0.29) is 41.3 Å². The average molecular weight is 527 g/mol. The molecule has 4 rings (SSSR count). The summed E-state index contributed by atoms with van der Waals surface area (Å²) in [7, 11) is 0. The normalized spacial score (nSPS) is 22.3. The standard InChI is InChI=1S/C30H42N2O6/c1-19-8-9-22-20(2)37-25-16-21(15-24(33)27(25)23(22)14-19)38-28(35)32-29(3,4)12-13-36-26(34)17-30(18-31)10-6-5-7-11-30/h14-16,22-23,33H,2,5-13,17-18,31H2,1,3-4H3,(H,32,35)/t22-,23+/m0/s1. The van der Waals surface area contributed by atoms with Crippen LogP contribution in [-0.4, -0.2) is 35.9 Å². The molecule has 0 unspecified atom stereocenters. The number of benzene rings is 1. The molecule has 8 heteroatoms. The van der Waals surface area contributed by atoms with Gasteiger partial charge in [0.25, 0.3) is 0 Å². The van der Waals surface area contributed by atoms with Crippen LogP contribution in [0.5, 0.6) is 17.2 Å². The lowest BCUT2D eigenvalue weighted by Gasteiger charge is -2.36. The Hall–Kier alpha value is -3.00. The topological polar surface area (TPSA) is 120 Å².